The predicted molar refractivity (Wildman–Crippen MR) is 75.8 cm³/mol. The molecule has 2 heteroatoms. The number of halogens is 2. The van der Waals surface area contributed by atoms with Crippen LogP contribution in [0, 0.1) is 30.4 Å². The van der Waals surface area contributed by atoms with Crippen LogP contribution in [0.5, 0.6) is 0 Å². The van der Waals surface area contributed by atoms with Crippen molar-refractivity contribution in [2.45, 2.75) is 32.6 Å². The van der Waals surface area contributed by atoms with Crippen molar-refractivity contribution in [2.75, 3.05) is 0 Å². The van der Waals surface area contributed by atoms with Gasteiger partial charge in [0.05, 0.1) is 0 Å². The van der Waals surface area contributed by atoms with Gasteiger partial charge in [0.2, 0.25) is 0 Å². The maximum atomic E-state index is 13.7. The van der Waals surface area contributed by atoms with Crippen molar-refractivity contribution in [3.05, 3.63) is 53.6 Å². The first-order valence-electron chi connectivity index (χ1n) is 6.87. The van der Waals surface area contributed by atoms with Crippen LogP contribution < -0.4 is 0 Å². The fourth-order valence-electron chi connectivity index (χ4n) is 2.60. The molecule has 0 amide bonds. The van der Waals surface area contributed by atoms with Crippen molar-refractivity contribution in [1.82, 2.24) is 0 Å². The third-order valence-electron chi connectivity index (χ3n) is 4.00. The summed E-state index contributed by atoms with van der Waals surface area (Å²) in [6.07, 6.45) is 10.2. The van der Waals surface area contributed by atoms with Crippen molar-refractivity contribution in [2.24, 2.45) is 11.8 Å². The zero-order valence-electron chi connectivity index (χ0n) is 11.3. The molecular formula is C17H20F2. The van der Waals surface area contributed by atoms with E-state index in [1.807, 2.05) is 12.2 Å². The highest BCUT2D eigenvalue weighted by Gasteiger charge is 2.17. The third kappa shape index (κ3) is 3.31. The topological polar surface area (TPSA) is 0 Å². The molecule has 19 heavy (non-hydrogen) atoms. The molecule has 2 rings (SSSR count). The summed E-state index contributed by atoms with van der Waals surface area (Å²) in [5.74, 6) is -0.383. The molecule has 0 bridgehead atoms. The minimum atomic E-state index is -0.740. The summed E-state index contributed by atoms with van der Waals surface area (Å²) in [5.41, 5.74) is 0.690. The number of rotatable bonds is 3. The van der Waals surface area contributed by atoms with Gasteiger partial charge in [0.15, 0.2) is 11.6 Å². The molecule has 0 nitrogen and oxygen atoms in total. The van der Waals surface area contributed by atoms with Crippen LogP contribution in [-0.4, -0.2) is 0 Å². The average Bonchev–Trinajstić information content (AvgIpc) is 2.45. The van der Waals surface area contributed by atoms with Gasteiger partial charge in [-0.05, 0) is 50.0 Å². The Labute approximate surface area is 113 Å². The monoisotopic (exact) mass is 262 g/mol. The number of aryl methyl sites for hydroxylation is 1. The van der Waals surface area contributed by atoms with Gasteiger partial charge in [-0.25, -0.2) is 8.78 Å². The average molecular weight is 262 g/mol. The third-order valence-corrected chi connectivity index (χ3v) is 4.00. The Bertz CT molecular complexity index is 480. The maximum Gasteiger partial charge on any atom is 0.166 e. The minimum Gasteiger partial charge on any atom is -0.203 e. The Hall–Kier alpha value is -1.44. The highest BCUT2D eigenvalue weighted by Crippen LogP contribution is 2.30. The van der Waals surface area contributed by atoms with Gasteiger partial charge in [-0.2, -0.15) is 0 Å². The molecular weight excluding hydrogens is 242 g/mol. The number of hydrogen-bond acceptors (Lipinski definition) is 0. The Morgan fingerprint density at radius 1 is 1.05 bits per heavy atom. The van der Waals surface area contributed by atoms with E-state index in [1.165, 1.54) is 0 Å². The van der Waals surface area contributed by atoms with Gasteiger partial charge in [0, 0.05) is 5.56 Å². The van der Waals surface area contributed by atoms with E-state index in [2.05, 4.69) is 6.58 Å². The van der Waals surface area contributed by atoms with Gasteiger partial charge in [-0.3, -0.25) is 0 Å². The van der Waals surface area contributed by atoms with Gasteiger partial charge in [0.1, 0.15) is 0 Å². The van der Waals surface area contributed by atoms with Gasteiger partial charge in [-0.1, -0.05) is 30.4 Å². The molecule has 1 aromatic carbocycles. The molecule has 0 aliphatic heterocycles. The van der Waals surface area contributed by atoms with Crippen LogP contribution in [0.4, 0.5) is 8.78 Å². The predicted octanol–water partition coefficient (Wildman–Crippen LogP) is 5.28. The van der Waals surface area contributed by atoms with Crippen molar-refractivity contribution in [3.63, 3.8) is 0 Å². The highest BCUT2D eigenvalue weighted by molar-refractivity contribution is 5.51. The largest absolute Gasteiger partial charge is 0.203 e. The van der Waals surface area contributed by atoms with Crippen LogP contribution in [0.2, 0.25) is 0 Å². The summed E-state index contributed by atoms with van der Waals surface area (Å²) >= 11 is 0. The maximum absolute atomic E-state index is 13.7. The molecule has 0 N–H and O–H groups in total. The first-order chi connectivity index (χ1) is 9.11. The van der Waals surface area contributed by atoms with E-state index < -0.39 is 11.6 Å². The molecule has 1 aromatic rings. The molecule has 0 aromatic heterocycles. The molecule has 0 radical (unpaired) electrons. The normalized spacial score (nSPS) is 23.7. The van der Waals surface area contributed by atoms with E-state index in [4.69, 9.17) is 0 Å². The molecule has 1 aliphatic rings. The van der Waals surface area contributed by atoms with E-state index in [0.717, 1.165) is 25.7 Å². The lowest BCUT2D eigenvalue weighted by atomic mass is 9.82. The number of benzene rings is 1. The van der Waals surface area contributed by atoms with Crippen molar-refractivity contribution < 1.29 is 8.78 Å². The van der Waals surface area contributed by atoms with E-state index in [0.29, 0.717) is 23.0 Å². The molecule has 102 valence electrons. The molecule has 1 aliphatic carbocycles. The summed E-state index contributed by atoms with van der Waals surface area (Å²) < 4.78 is 27.1. The van der Waals surface area contributed by atoms with Crippen molar-refractivity contribution in [1.29, 1.82) is 0 Å². The zero-order chi connectivity index (χ0) is 13.8. The van der Waals surface area contributed by atoms with Gasteiger partial charge < -0.3 is 0 Å². The second kappa shape index (κ2) is 6.14. The van der Waals surface area contributed by atoms with Crippen LogP contribution >= 0.6 is 0 Å². The first-order valence-corrected chi connectivity index (χ1v) is 6.87. The summed E-state index contributed by atoms with van der Waals surface area (Å²) in [6, 6.07) is 3.26. The fraction of sp³-hybridized carbons (Fsp3) is 0.412. The Balaban J connectivity index is 2.03. The highest BCUT2D eigenvalue weighted by atomic mass is 19.2. The molecule has 1 saturated carbocycles. The van der Waals surface area contributed by atoms with Crippen LogP contribution in [0.3, 0.4) is 0 Å². The Kier molecular flexibility index (Phi) is 4.52. The molecule has 0 heterocycles. The van der Waals surface area contributed by atoms with E-state index >= 15 is 0 Å². The second-order valence-electron chi connectivity index (χ2n) is 5.37. The summed E-state index contributed by atoms with van der Waals surface area (Å²) in [4.78, 5) is 0. The lowest BCUT2D eigenvalue weighted by molar-refractivity contribution is 0.357. The molecule has 0 unspecified atom stereocenters. The van der Waals surface area contributed by atoms with Crippen LogP contribution in [0.1, 0.15) is 36.8 Å². The standard InChI is InChI=1S/C17H20F2/c1-3-13-5-7-14(8-6-13)9-11-15-10-4-12(2)16(18)17(15)19/h3-4,9-11,13-14H,1,5-8H2,2H3. The van der Waals surface area contributed by atoms with Crippen LogP contribution in [-0.2, 0) is 0 Å². The molecule has 0 saturated heterocycles. The second-order valence-corrected chi connectivity index (χ2v) is 5.37. The Morgan fingerprint density at radius 3 is 2.32 bits per heavy atom. The summed E-state index contributed by atoms with van der Waals surface area (Å²) in [5, 5.41) is 0. The van der Waals surface area contributed by atoms with E-state index in [-0.39, 0.29) is 0 Å². The number of allylic oxidation sites excluding steroid dienone is 2. The lowest BCUT2D eigenvalue weighted by Crippen LogP contribution is -2.10. The summed E-state index contributed by atoms with van der Waals surface area (Å²) in [6.45, 7) is 5.40. The van der Waals surface area contributed by atoms with E-state index in [1.54, 1.807) is 25.1 Å². The van der Waals surface area contributed by atoms with Gasteiger partial charge >= 0.3 is 0 Å². The smallest absolute Gasteiger partial charge is 0.166 e. The van der Waals surface area contributed by atoms with Crippen LogP contribution in [0.25, 0.3) is 6.08 Å². The summed E-state index contributed by atoms with van der Waals surface area (Å²) in [7, 11) is 0. The van der Waals surface area contributed by atoms with E-state index in [9.17, 15) is 8.78 Å². The van der Waals surface area contributed by atoms with Gasteiger partial charge in [0.25, 0.3) is 0 Å². The van der Waals surface area contributed by atoms with Crippen molar-refractivity contribution >= 4 is 6.08 Å². The molecule has 1 fully saturated rings. The quantitative estimate of drug-likeness (QED) is 0.650. The molecule has 0 atom stereocenters. The van der Waals surface area contributed by atoms with Crippen LogP contribution in [0.15, 0.2) is 30.9 Å². The van der Waals surface area contributed by atoms with Crippen molar-refractivity contribution in [3.8, 4) is 0 Å². The SMILES string of the molecule is C=CC1CCC(C=Cc2ccc(C)c(F)c2F)CC1. The first kappa shape index (κ1) is 14.0. The minimum absolute atomic E-state index is 0.342. The zero-order valence-corrected chi connectivity index (χ0v) is 11.3. The molecule has 0 spiro atoms. The Morgan fingerprint density at radius 2 is 1.68 bits per heavy atom. The lowest BCUT2D eigenvalue weighted by Gasteiger charge is -2.24. The van der Waals surface area contributed by atoms with Gasteiger partial charge in [-0.15, -0.1) is 6.58 Å². The number of hydrogen-bond donors (Lipinski definition) is 0. The fourth-order valence-corrected chi connectivity index (χ4v) is 2.60.